The second kappa shape index (κ2) is 6.14. The van der Waals surface area contributed by atoms with Crippen molar-refractivity contribution in [1.29, 1.82) is 0 Å². The van der Waals surface area contributed by atoms with Gasteiger partial charge < -0.3 is 10.00 Å². The summed E-state index contributed by atoms with van der Waals surface area (Å²) in [5, 5.41) is 11.3. The second-order valence-electron chi connectivity index (χ2n) is 5.26. The van der Waals surface area contributed by atoms with Crippen LogP contribution in [0.3, 0.4) is 0 Å². The van der Waals surface area contributed by atoms with E-state index in [4.69, 9.17) is 0 Å². The van der Waals surface area contributed by atoms with Gasteiger partial charge in [0, 0.05) is 17.2 Å². The van der Waals surface area contributed by atoms with Crippen molar-refractivity contribution in [3.8, 4) is 0 Å². The summed E-state index contributed by atoms with van der Waals surface area (Å²) >= 11 is 1.29. The smallest absolute Gasteiger partial charge is 0.315 e. The molecule has 4 nitrogen and oxygen atoms in total. The van der Waals surface area contributed by atoms with Gasteiger partial charge in [-0.3, -0.25) is 9.36 Å². The Hall–Kier alpha value is -1.42. The average molecular weight is 324 g/mol. The second-order valence-corrected chi connectivity index (χ2v) is 8.54. The Bertz CT molecular complexity index is 654. The Balaban J connectivity index is 2.24. The van der Waals surface area contributed by atoms with Gasteiger partial charge in [-0.2, -0.15) is 0 Å². The zero-order valence-electron chi connectivity index (χ0n) is 11.6. The Morgan fingerprint density at radius 1 is 1.24 bits per heavy atom. The van der Waals surface area contributed by atoms with Crippen molar-refractivity contribution in [1.82, 2.24) is 0 Å². The summed E-state index contributed by atoms with van der Waals surface area (Å²) in [5.41, 5.74) is -0.602. The van der Waals surface area contributed by atoms with E-state index in [9.17, 15) is 19.4 Å². The van der Waals surface area contributed by atoms with Crippen LogP contribution in [0.1, 0.15) is 17.4 Å². The van der Waals surface area contributed by atoms with E-state index in [1.165, 1.54) is 18.3 Å². The number of rotatable bonds is 6. The van der Waals surface area contributed by atoms with E-state index in [2.05, 4.69) is 0 Å². The van der Waals surface area contributed by atoms with Gasteiger partial charge in [0.25, 0.3) is 0 Å². The monoisotopic (exact) mass is 324 g/mol. The van der Waals surface area contributed by atoms with Gasteiger partial charge in [-0.05, 0) is 23.9 Å². The van der Waals surface area contributed by atoms with E-state index < -0.39 is 18.8 Å². The average Bonchev–Trinajstić information content (AvgIpc) is 2.92. The Labute approximate surface area is 127 Å². The summed E-state index contributed by atoms with van der Waals surface area (Å²) in [6.45, 7) is 1.51. The number of aliphatic carboxylic acids is 1. The van der Waals surface area contributed by atoms with Crippen LogP contribution in [0.25, 0.3) is 0 Å². The van der Waals surface area contributed by atoms with E-state index in [-0.39, 0.29) is 12.3 Å². The molecule has 0 bridgehead atoms. The van der Waals surface area contributed by atoms with Crippen LogP contribution in [0.5, 0.6) is 0 Å². The van der Waals surface area contributed by atoms with Gasteiger partial charge in [0.05, 0.1) is 0 Å². The van der Waals surface area contributed by atoms with Crippen molar-refractivity contribution in [3.05, 3.63) is 58.3 Å². The SMILES string of the molecule is CC(CP(=O)(O)Cc1ccccc1)(C(=O)O)c1cccs1. The first-order valence-electron chi connectivity index (χ1n) is 6.46. The topological polar surface area (TPSA) is 74.6 Å². The van der Waals surface area contributed by atoms with Crippen molar-refractivity contribution in [2.45, 2.75) is 18.5 Å². The summed E-state index contributed by atoms with van der Waals surface area (Å²) in [6, 6.07) is 12.4. The maximum Gasteiger partial charge on any atom is 0.315 e. The number of carboxylic acids is 1. The normalized spacial score (nSPS) is 16.9. The van der Waals surface area contributed by atoms with Gasteiger partial charge in [-0.25, -0.2) is 0 Å². The first kappa shape index (κ1) is 16.0. The molecule has 1 aromatic heterocycles. The van der Waals surface area contributed by atoms with Gasteiger partial charge in [0.2, 0.25) is 7.37 Å². The van der Waals surface area contributed by atoms with Gasteiger partial charge in [0.15, 0.2) is 0 Å². The molecule has 0 aliphatic rings. The first-order valence-corrected chi connectivity index (χ1v) is 9.37. The largest absolute Gasteiger partial charge is 0.481 e. The highest BCUT2D eigenvalue weighted by Gasteiger charge is 2.42. The molecule has 0 saturated carbocycles. The molecule has 0 aliphatic heterocycles. The van der Waals surface area contributed by atoms with Gasteiger partial charge in [0.1, 0.15) is 5.41 Å². The predicted octanol–water partition coefficient (Wildman–Crippen LogP) is 3.56. The summed E-state index contributed by atoms with van der Waals surface area (Å²) in [4.78, 5) is 22.5. The summed E-state index contributed by atoms with van der Waals surface area (Å²) in [6.07, 6.45) is -0.285. The van der Waals surface area contributed by atoms with Gasteiger partial charge in [-0.1, -0.05) is 36.4 Å². The van der Waals surface area contributed by atoms with Crippen molar-refractivity contribution >= 4 is 24.7 Å². The third-order valence-corrected chi connectivity index (χ3v) is 6.49. The molecule has 1 heterocycles. The Morgan fingerprint density at radius 2 is 1.90 bits per heavy atom. The molecule has 2 rings (SSSR count). The lowest BCUT2D eigenvalue weighted by molar-refractivity contribution is -0.142. The summed E-state index contributed by atoms with van der Waals surface area (Å²) in [7, 11) is -3.61. The first-order chi connectivity index (χ1) is 9.83. The van der Waals surface area contributed by atoms with Crippen LogP contribution in [0, 0.1) is 0 Å². The standard InChI is InChI=1S/C15H17O4PS/c1-15(14(16)17,13-8-5-9-21-13)11-20(18,19)10-12-6-3-2-4-7-12/h2-9H,10-11H2,1H3,(H,16,17)(H,18,19). The van der Waals surface area contributed by atoms with Crippen molar-refractivity contribution in [2.24, 2.45) is 0 Å². The highest BCUT2D eigenvalue weighted by Crippen LogP contribution is 2.50. The fraction of sp³-hybridized carbons (Fsp3) is 0.267. The lowest BCUT2D eigenvalue weighted by atomic mass is 9.91. The third-order valence-electron chi connectivity index (χ3n) is 3.37. The van der Waals surface area contributed by atoms with Gasteiger partial charge in [-0.15, -0.1) is 11.3 Å². The number of hydrogen-bond acceptors (Lipinski definition) is 3. The Kier molecular flexibility index (Phi) is 4.67. The molecule has 2 unspecified atom stereocenters. The van der Waals surface area contributed by atoms with Crippen LogP contribution in [-0.2, 0) is 20.9 Å². The van der Waals surface area contributed by atoms with E-state index >= 15 is 0 Å². The molecular formula is C15H17O4PS. The van der Waals surface area contributed by atoms with Crippen molar-refractivity contribution in [2.75, 3.05) is 6.16 Å². The molecule has 21 heavy (non-hydrogen) atoms. The minimum atomic E-state index is -3.61. The van der Waals surface area contributed by atoms with Crippen molar-refractivity contribution < 1.29 is 19.4 Å². The minimum Gasteiger partial charge on any atom is -0.481 e. The number of thiophene rings is 1. The maximum absolute atomic E-state index is 12.5. The molecule has 2 atom stereocenters. The van der Waals surface area contributed by atoms with Crippen LogP contribution < -0.4 is 0 Å². The van der Waals surface area contributed by atoms with Gasteiger partial charge >= 0.3 is 5.97 Å². The zero-order valence-corrected chi connectivity index (χ0v) is 13.3. The predicted molar refractivity (Wildman–Crippen MR) is 84.1 cm³/mol. The van der Waals surface area contributed by atoms with Crippen LogP contribution in [0.4, 0.5) is 0 Å². The van der Waals surface area contributed by atoms with E-state index in [1.807, 2.05) is 6.07 Å². The number of benzene rings is 1. The van der Waals surface area contributed by atoms with E-state index in [0.29, 0.717) is 4.88 Å². The molecule has 1 aromatic carbocycles. The summed E-state index contributed by atoms with van der Waals surface area (Å²) < 4.78 is 12.5. The highest BCUT2D eigenvalue weighted by molar-refractivity contribution is 7.57. The Morgan fingerprint density at radius 3 is 2.43 bits per heavy atom. The molecule has 0 spiro atoms. The molecule has 6 heteroatoms. The van der Waals surface area contributed by atoms with E-state index in [1.54, 1.807) is 41.8 Å². The third kappa shape index (κ3) is 3.82. The molecular weight excluding hydrogens is 307 g/mol. The van der Waals surface area contributed by atoms with Crippen LogP contribution in [0.2, 0.25) is 0 Å². The molecule has 0 fully saturated rings. The minimum absolute atomic E-state index is 0.0118. The fourth-order valence-corrected chi connectivity index (χ4v) is 5.44. The quantitative estimate of drug-likeness (QED) is 0.797. The molecule has 2 N–H and O–H groups in total. The highest BCUT2D eigenvalue weighted by atomic mass is 32.1. The molecule has 0 aliphatic carbocycles. The lowest BCUT2D eigenvalue weighted by Crippen LogP contribution is -2.35. The van der Waals surface area contributed by atoms with E-state index in [0.717, 1.165) is 5.56 Å². The van der Waals surface area contributed by atoms with Crippen LogP contribution >= 0.6 is 18.7 Å². The molecule has 112 valence electrons. The maximum atomic E-state index is 12.5. The number of carboxylic acid groups (broad SMARTS) is 1. The van der Waals surface area contributed by atoms with Crippen molar-refractivity contribution in [3.63, 3.8) is 0 Å². The van der Waals surface area contributed by atoms with Crippen LogP contribution in [0.15, 0.2) is 47.8 Å². The number of carbonyl (C=O) groups is 1. The van der Waals surface area contributed by atoms with Crippen LogP contribution in [-0.4, -0.2) is 22.1 Å². The fourth-order valence-electron chi connectivity index (χ4n) is 2.26. The lowest BCUT2D eigenvalue weighted by Gasteiger charge is -2.26. The zero-order chi connectivity index (χ0) is 15.5. The summed E-state index contributed by atoms with van der Waals surface area (Å²) in [5.74, 6) is -1.08. The molecule has 2 aromatic rings. The number of hydrogen-bond donors (Lipinski definition) is 2. The molecule has 0 saturated heterocycles. The molecule has 0 radical (unpaired) electrons. The molecule has 0 amide bonds.